The molecule has 37 heavy (non-hydrogen) atoms. The van der Waals surface area contributed by atoms with Crippen LogP contribution < -0.4 is 0 Å². The van der Waals surface area contributed by atoms with Crippen molar-refractivity contribution in [2.75, 3.05) is 0 Å². The monoisotopic (exact) mass is 506 g/mol. The van der Waals surface area contributed by atoms with Crippen LogP contribution in [0.1, 0.15) is 53.0 Å². The second-order valence-corrected chi connectivity index (χ2v) is 10.00. The number of ether oxygens (including phenoxy) is 1. The number of aliphatic hydroxyl groups is 3. The largest absolute Gasteiger partial charge is 0.455 e. The van der Waals surface area contributed by atoms with Crippen LogP contribution in [0.4, 0.5) is 0 Å². The third-order valence-electron chi connectivity index (χ3n) is 6.52. The van der Waals surface area contributed by atoms with Crippen LogP contribution in [0.3, 0.4) is 0 Å². The highest BCUT2D eigenvalue weighted by atomic mass is 16.6. The van der Waals surface area contributed by atoms with E-state index in [0.717, 1.165) is 18.4 Å². The molecule has 0 saturated carbocycles. The maximum atomic E-state index is 11.8. The van der Waals surface area contributed by atoms with E-state index in [1.54, 1.807) is 31.2 Å². The average Bonchev–Trinajstić information content (AvgIpc) is 3.07. The predicted molar refractivity (Wildman–Crippen MR) is 149 cm³/mol. The van der Waals surface area contributed by atoms with Gasteiger partial charge in [-0.15, -0.1) is 0 Å². The van der Waals surface area contributed by atoms with Crippen molar-refractivity contribution in [2.24, 2.45) is 11.8 Å². The van der Waals surface area contributed by atoms with Gasteiger partial charge in [0, 0.05) is 18.4 Å². The summed E-state index contributed by atoms with van der Waals surface area (Å²) in [6, 6.07) is 10.4. The minimum atomic E-state index is -1.81. The fourth-order valence-corrected chi connectivity index (χ4v) is 4.03. The van der Waals surface area contributed by atoms with E-state index in [2.05, 4.69) is 19.1 Å². The number of allylic oxidation sites excluding steroid dienone is 7. The van der Waals surface area contributed by atoms with Crippen LogP contribution in [-0.4, -0.2) is 39.1 Å². The molecule has 5 heteroatoms. The van der Waals surface area contributed by atoms with Gasteiger partial charge in [0.2, 0.25) is 5.78 Å². The summed E-state index contributed by atoms with van der Waals surface area (Å²) in [7, 11) is 0. The van der Waals surface area contributed by atoms with E-state index >= 15 is 0 Å². The maximum absolute atomic E-state index is 11.8. The molecule has 1 heterocycles. The molecule has 0 fully saturated rings. The van der Waals surface area contributed by atoms with Crippen molar-refractivity contribution in [3.05, 3.63) is 107 Å². The Bertz CT molecular complexity index is 1060. The molecule has 0 aliphatic carbocycles. The van der Waals surface area contributed by atoms with E-state index < -0.39 is 23.8 Å². The zero-order valence-corrected chi connectivity index (χ0v) is 22.7. The number of carbonyl (C=O) groups excluding carboxylic acids is 1. The van der Waals surface area contributed by atoms with Gasteiger partial charge in [-0.25, -0.2) is 0 Å². The number of aryl methyl sites for hydroxylation is 1. The molecule has 1 aliphatic heterocycles. The third kappa shape index (κ3) is 10.1. The quantitative estimate of drug-likeness (QED) is 0.296. The molecule has 0 radical (unpaired) electrons. The Balaban J connectivity index is 1.74. The molecule has 0 aromatic heterocycles. The zero-order valence-electron chi connectivity index (χ0n) is 22.7. The lowest BCUT2D eigenvalue weighted by Gasteiger charge is -2.22. The van der Waals surface area contributed by atoms with Gasteiger partial charge < -0.3 is 20.1 Å². The molecule has 1 aliphatic rings. The normalized spacial score (nSPS) is 22.5. The number of carbonyl (C=O) groups is 1. The lowest BCUT2D eigenvalue weighted by molar-refractivity contribution is -0.168. The highest BCUT2D eigenvalue weighted by Gasteiger charge is 2.41. The van der Waals surface area contributed by atoms with Crippen molar-refractivity contribution >= 4 is 5.78 Å². The molecular formula is C32H42O5. The molecule has 3 N–H and O–H groups in total. The molecule has 0 unspecified atom stereocenters. The zero-order chi connectivity index (χ0) is 27.4. The number of hydrogen-bond acceptors (Lipinski definition) is 5. The first kappa shape index (κ1) is 30.2. The summed E-state index contributed by atoms with van der Waals surface area (Å²) in [5, 5.41) is 30.6. The molecule has 0 spiro atoms. The molecule has 2 rings (SSSR count). The number of ketones is 1. The minimum absolute atomic E-state index is 0.0559. The summed E-state index contributed by atoms with van der Waals surface area (Å²) in [4.78, 5) is 11.8. The predicted octanol–water partition coefficient (Wildman–Crippen LogP) is 5.76. The Hall–Kier alpha value is -2.99. The van der Waals surface area contributed by atoms with Crippen LogP contribution in [0.25, 0.3) is 0 Å². The van der Waals surface area contributed by atoms with Gasteiger partial charge in [-0.1, -0.05) is 98.4 Å². The summed E-state index contributed by atoms with van der Waals surface area (Å²) in [6.45, 7) is 9.05. The Morgan fingerprint density at radius 3 is 2.43 bits per heavy atom. The summed E-state index contributed by atoms with van der Waals surface area (Å²) in [5.74, 6) is -1.68. The minimum Gasteiger partial charge on any atom is -0.455 e. The summed E-state index contributed by atoms with van der Waals surface area (Å²) in [6.07, 6.45) is 17.8. The highest BCUT2D eigenvalue weighted by Crippen LogP contribution is 2.29. The molecule has 0 amide bonds. The van der Waals surface area contributed by atoms with E-state index in [0.29, 0.717) is 17.8 Å². The van der Waals surface area contributed by atoms with Gasteiger partial charge in [0.15, 0.2) is 0 Å². The summed E-state index contributed by atoms with van der Waals surface area (Å²) >= 11 is 0. The second kappa shape index (κ2) is 14.7. The van der Waals surface area contributed by atoms with Crippen LogP contribution >= 0.6 is 0 Å². The average molecular weight is 507 g/mol. The van der Waals surface area contributed by atoms with E-state index in [9.17, 15) is 20.1 Å². The van der Waals surface area contributed by atoms with Gasteiger partial charge >= 0.3 is 0 Å². The van der Waals surface area contributed by atoms with E-state index in [1.807, 2.05) is 62.4 Å². The molecule has 0 saturated heterocycles. The van der Waals surface area contributed by atoms with Gasteiger partial charge in [-0.2, -0.15) is 0 Å². The van der Waals surface area contributed by atoms with E-state index in [4.69, 9.17) is 4.74 Å². The topological polar surface area (TPSA) is 87.0 Å². The van der Waals surface area contributed by atoms with Crippen molar-refractivity contribution in [3.63, 3.8) is 0 Å². The van der Waals surface area contributed by atoms with Crippen LogP contribution in [0.15, 0.2) is 102 Å². The number of rotatable bonds is 13. The smallest absolute Gasteiger partial charge is 0.269 e. The van der Waals surface area contributed by atoms with Crippen LogP contribution in [-0.2, 0) is 16.0 Å². The lowest BCUT2D eigenvalue weighted by atomic mass is 9.88. The number of Topliss-reactive ketones (excluding diaryl/α,β-unsaturated/α-hetero) is 1. The summed E-state index contributed by atoms with van der Waals surface area (Å²) < 4.78 is 5.24. The molecule has 5 atom stereocenters. The molecule has 200 valence electrons. The fraction of sp³-hybridized carbons (Fsp3) is 0.406. The Kier molecular flexibility index (Phi) is 12.0. The van der Waals surface area contributed by atoms with Gasteiger partial charge in [0.05, 0.1) is 12.2 Å². The van der Waals surface area contributed by atoms with Gasteiger partial charge in [-0.05, 0) is 50.7 Å². The van der Waals surface area contributed by atoms with Crippen molar-refractivity contribution in [2.45, 2.75) is 71.9 Å². The molecular weight excluding hydrogens is 464 g/mol. The maximum Gasteiger partial charge on any atom is 0.269 e. The SMILES string of the molecule is CC1=C(/C=C/C[C@@H](O)\C=C/C=C/C(C)=C/C=C/[C@@H](C)[C@H](O)[C@@H](C)CCc2ccccc2)O[C@@](C)(O)C1=O. The molecule has 5 nitrogen and oxygen atoms in total. The van der Waals surface area contributed by atoms with Crippen molar-refractivity contribution in [1.29, 1.82) is 0 Å². The van der Waals surface area contributed by atoms with Crippen LogP contribution in [0.5, 0.6) is 0 Å². The van der Waals surface area contributed by atoms with Gasteiger partial charge in [-0.3, -0.25) is 4.79 Å². The van der Waals surface area contributed by atoms with Crippen LogP contribution in [0, 0.1) is 11.8 Å². The van der Waals surface area contributed by atoms with E-state index in [-0.39, 0.29) is 11.8 Å². The van der Waals surface area contributed by atoms with Crippen molar-refractivity contribution < 1.29 is 24.9 Å². The van der Waals surface area contributed by atoms with E-state index in [1.165, 1.54) is 12.5 Å². The van der Waals surface area contributed by atoms with Gasteiger partial charge in [0.25, 0.3) is 5.79 Å². The first-order valence-electron chi connectivity index (χ1n) is 12.9. The standard InChI is InChI=1S/C32H42O5/c1-23(14-11-15-24(2)30(34)25(3)21-22-27-16-7-6-8-17-27)13-9-10-18-28(33)19-12-20-29-26(4)31(35)32(5,36)37-29/h6-18,20,24-25,28,30,33-34,36H,19,21-22H2,1-5H3/b13-9+,15-11+,18-10-,20-12+,23-14+/t24-,25+,28+,30+,32-/m1/s1. The number of benzene rings is 1. The van der Waals surface area contributed by atoms with Crippen LogP contribution in [0.2, 0.25) is 0 Å². The first-order valence-corrected chi connectivity index (χ1v) is 12.9. The lowest BCUT2D eigenvalue weighted by Crippen LogP contribution is -2.32. The summed E-state index contributed by atoms with van der Waals surface area (Å²) in [5.41, 5.74) is 2.71. The first-order chi connectivity index (χ1) is 17.5. The number of aliphatic hydroxyl groups excluding tert-OH is 2. The third-order valence-corrected chi connectivity index (χ3v) is 6.52. The highest BCUT2D eigenvalue weighted by molar-refractivity contribution is 6.02. The molecule has 0 bridgehead atoms. The fourth-order valence-electron chi connectivity index (χ4n) is 4.03. The number of hydrogen-bond donors (Lipinski definition) is 3. The van der Waals surface area contributed by atoms with Crippen molar-refractivity contribution in [3.8, 4) is 0 Å². The van der Waals surface area contributed by atoms with Crippen molar-refractivity contribution in [1.82, 2.24) is 0 Å². The molecule has 1 aromatic rings. The Morgan fingerprint density at radius 2 is 1.78 bits per heavy atom. The second-order valence-electron chi connectivity index (χ2n) is 10.00. The van der Waals surface area contributed by atoms with Gasteiger partial charge in [0.1, 0.15) is 5.76 Å². The Labute approximate surface area is 221 Å². The molecule has 1 aromatic carbocycles. The Morgan fingerprint density at radius 1 is 1.08 bits per heavy atom.